The van der Waals surface area contributed by atoms with Crippen LogP contribution in [0.1, 0.15) is 0 Å². The molecule has 0 fully saturated rings. The van der Waals surface area contributed by atoms with Gasteiger partial charge in [-0.1, -0.05) is 33.8 Å². The third-order valence-corrected chi connectivity index (χ3v) is 4.63. The third kappa shape index (κ3) is 4.11. The number of nitrogens with zero attached hydrogens (tertiary/aromatic N) is 4. The van der Waals surface area contributed by atoms with Crippen molar-refractivity contribution in [1.29, 1.82) is 0 Å². The van der Waals surface area contributed by atoms with Gasteiger partial charge in [0.05, 0.1) is 6.61 Å². The third-order valence-electron chi connectivity index (χ3n) is 3.15. The SMILES string of the molecule is Cn1c(SCCOc2cccc(Br)c2)nnc1-c1ccncc1. The molecule has 2 heterocycles. The molecule has 0 saturated carbocycles. The molecule has 7 heteroatoms. The van der Waals surface area contributed by atoms with Crippen LogP contribution in [-0.4, -0.2) is 32.1 Å². The Labute approximate surface area is 147 Å². The van der Waals surface area contributed by atoms with Crippen LogP contribution >= 0.6 is 27.7 Å². The summed E-state index contributed by atoms with van der Waals surface area (Å²) in [5.41, 5.74) is 1.01. The van der Waals surface area contributed by atoms with Crippen molar-refractivity contribution >= 4 is 27.7 Å². The van der Waals surface area contributed by atoms with Crippen LogP contribution in [0.2, 0.25) is 0 Å². The summed E-state index contributed by atoms with van der Waals surface area (Å²) in [5, 5.41) is 9.37. The van der Waals surface area contributed by atoms with Crippen molar-refractivity contribution in [1.82, 2.24) is 19.7 Å². The molecule has 0 aliphatic carbocycles. The lowest BCUT2D eigenvalue weighted by Gasteiger charge is -2.06. The van der Waals surface area contributed by atoms with Crippen LogP contribution in [0.5, 0.6) is 5.75 Å². The van der Waals surface area contributed by atoms with Crippen molar-refractivity contribution in [3.8, 4) is 17.1 Å². The van der Waals surface area contributed by atoms with E-state index in [0.717, 1.165) is 32.5 Å². The van der Waals surface area contributed by atoms with Crippen LogP contribution < -0.4 is 4.74 Å². The topological polar surface area (TPSA) is 52.8 Å². The van der Waals surface area contributed by atoms with Crippen LogP contribution in [-0.2, 0) is 7.05 Å². The fourth-order valence-corrected chi connectivity index (χ4v) is 3.15. The summed E-state index contributed by atoms with van der Waals surface area (Å²) in [6, 6.07) is 11.7. The summed E-state index contributed by atoms with van der Waals surface area (Å²) in [6.45, 7) is 0.610. The maximum atomic E-state index is 5.72. The molecule has 0 N–H and O–H groups in total. The normalized spacial score (nSPS) is 10.7. The van der Waals surface area contributed by atoms with Gasteiger partial charge in [-0.25, -0.2) is 0 Å². The van der Waals surface area contributed by atoms with Crippen molar-refractivity contribution in [2.75, 3.05) is 12.4 Å². The van der Waals surface area contributed by atoms with Crippen molar-refractivity contribution in [2.24, 2.45) is 7.05 Å². The molecule has 0 aliphatic heterocycles. The molecule has 23 heavy (non-hydrogen) atoms. The number of hydrogen-bond acceptors (Lipinski definition) is 5. The summed E-state index contributed by atoms with van der Waals surface area (Å²) < 4.78 is 8.72. The summed E-state index contributed by atoms with van der Waals surface area (Å²) in [4.78, 5) is 4.02. The highest BCUT2D eigenvalue weighted by Crippen LogP contribution is 2.22. The van der Waals surface area contributed by atoms with E-state index >= 15 is 0 Å². The lowest BCUT2D eigenvalue weighted by Crippen LogP contribution is -2.02. The van der Waals surface area contributed by atoms with E-state index < -0.39 is 0 Å². The molecule has 1 aromatic carbocycles. The lowest BCUT2D eigenvalue weighted by atomic mass is 10.2. The van der Waals surface area contributed by atoms with Crippen molar-refractivity contribution in [2.45, 2.75) is 5.16 Å². The Morgan fingerprint density at radius 3 is 2.78 bits per heavy atom. The standard InChI is InChI=1S/C16H15BrN4OS/c1-21-15(12-5-7-18-8-6-12)19-20-16(21)23-10-9-22-14-4-2-3-13(17)11-14/h2-8,11H,9-10H2,1H3. The molecule has 2 aromatic heterocycles. The predicted molar refractivity (Wildman–Crippen MR) is 94.6 cm³/mol. The van der Waals surface area contributed by atoms with Gasteiger partial charge >= 0.3 is 0 Å². The average molecular weight is 391 g/mol. The molecule has 0 radical (unpaired) electrons. The molecule has 0 spiro atoms. The van der Waals surface area contributed by atoms with E-state index in [4.69, 9.17) is 4.74 Å². The molecule has 0 bridgehead atoms. The monoisotopic (exact) mass is 390 g/mol. The molecular formula is C16H15BrN4OS. The highest BCUT2D eigenvalue weighted by molar-refractivity contribution is 9.10. The molecule has 5 nitrogen and oxygen atoms in total. The summed E-state index contributed by atoms with van der Waals surface area (Å²) in [6.07, 6.45) is 3.51. The number of aromatic nitrogens is 4. The zero-order valence-corrected chi connectivity index (χ0v) is 14.9. The fourth-order valence-electron chi connectivity index (χ4n) is 2.04. The number of thioether (sulfide) groups is 1. The van der Waals surface area contributed by atoms with Gasteiger partial charge in [0.1, 0.15) is 5.75 Å². The Morgan fingerprint density at radius 1 is 1.17 bits per heavy atom. The number of ether oxygens (including phenoxy) is 1. The number of rotatable bonds is 6. The first-order chi connectivity index (χ1) is 11.2. The van der Waals surface area contributed by atoms with Gasteiger partial charge in [0.25, 0.3) is 0 Å². The van der Waals surface area contributed by atoms with Crippen LogP contribution in [0.25, 0.3) is 11.4 Å². The van der Waals surface area contributed by atoms with Crippen LogP contribution in [0.4, 0.5) is 0 Å². The van der Waals surface area contributed by atoms with Crippen molar-refractivity contribution < 1.29 is 4.74 Å². The summed E-state index contributed by atoms with van der Waals surface area (Å²) in [5.74, 6) is 2.49. The van der Waals surface area contributed by atoms with E-state index in [0.29, 0.717) is 6.61 Å². The van der Waals surface area contributed by atoms with E-state index in [1.165, 1.54) is 0 Å². The van der Waals surface area contributed by atoms with Gasteiger partial charge in [-0.05, 0) is 30.3 Å². The van der Waals surface area contributed by atoms with Gasteiger partial charge in [0.2, 0.25) is 0 Å². The van der Waals surface area contributed by atoms with Crippen LogP contribution in [0, 0.1) is 0 Å². The Bertz CT molecular complexity index is 779. The quantitative estimate of drug-likeness (QED) is 0.473. The number of hydrogen-bond donors (Lipinski definition) is 0. The first kappa shape index (κ1) is 16.0. The number of benzene rings is 1. The summed E-state index contributed by atoms with van der Waals surface area (Å²) in [7, 11) is 1.97. The maximum Gasteiger partial charge on any atom is 0.191 e. The molecule has 118 valence electrons. The van der Waals surface area contributed by atoms with Gasteiger partial charge in [0.15, 0.2) is 11.0 Å². The second-order valence-electron chi connectivity index (χ2n) is 4.76. The Balaban J connectivity index is 1.56. The second kappa shape index (κ2) is 7.61. The van der Waals surface area contributed by atoms with Gasteiger partial charge in [-0.3, -0.25) is 4.98 Å². The van der Waals surface area contributed by atoms with Gasteiger partial charge in [-0.2, -0.15) is 0 Å². The highest BCUT2D eigenvalue weighted by atomic mass is 79.9. The van der Waals surface area contributed by atoms with Crippen LogP contribution in [0.3, 0.4) is 0 Å². The van der Waals surface area contributed by atoms with Gasteiger partial charge in [0, 0.05) is 35.2 Å². The molecular weight excluding hydrogens is 376 g/mol. The zero-order valence-electron chi connectivity index (χ0n) is 12.5. The van der Waals surface area contributed by atoms with Crippen LogP contribution in [0.15, 0.2) is 58.4 Å². The van der Waals surface area contributed by atoms with Crippen molar-refractivity contribution in [3.63, 3.8) is 0 Å². The van der Waals surface area contributed by atoms with E-state index in [1.807, 2.05) is 48.0 Å². The highest BCUT2D eigenvalue weighted by Gasteiger charge is 2.10. The molecule has 0 saturated heterocycles. The predicted octanol–water partition coefficient (Wildman–Crippen LogP) is 3.81. The minimum absolute atomic E-state index is 0.610. The number of halogens is 1. The molecule has 0 amide bonds. The first-order valence-corrected chi connectivity index (χ1v) is 8.83. The zero-order chi connectivity index (χ0) is 16.1. The van der Waals surface area contributed by atoms with E-state index in [2.05, 4.69) is 31.1 Å². The molecule has 3 aromatic rings. The van der Waals surface area contributed by atoms with E-state index in [9.17, 15) is 0 Å². The Kier molecular flexibility index (Phi) is 5.30. The molecule has 0 aliphatic rings. The minimum Gasteiger partial charge on any atom is -0.493 e. The smallest absolute Gasteiger partial charge is 0.191 e. The second-order valence-corrected chi connectivity index (χ2v) is 6.73. The number of pyridine rings is 1. The Hall–Kier alpha value is -1.86. The maximum absolute atomic E-state index is 5.72. The first-order valence-electron chi connectivity index (χ1n) is 7.05. The molecule has 0 unspecified atom stereocenters. The fraction of sp³-hybridized carbons (Fsp3) is 0.188. The summed E-state index contributed by atoms with van der Waals surface area (Å²) >= 11 is 5.05. The Morgan fingerprint density at radius 2 is 2.00 bits per heavy atom. The lowest BCUT2D eigenvalue weighted by molar-refractivity contribution is 0.343. The van der Waals surface area contributed by atoms with Gasteiger partial charge < -0.3 is 9.30 Å². The van der Waals surface area contributed by atoms with E-state index in [-0.39, 0.29) is 0 Å². The van der Waals surface area contributed by atoms with Gasteiger partial charge in [-0.15, -0.1) is 10.2 Å². The minimum atomic E-state index is 0.610. The average Bonchev–Trinajstić information content (AvgIpc) is 2.93. The van der Waals surface area contributed by atoms with E-state index in [1.54, 1.807) is 24.2 Å². The van der Waals surface area contributed by atoms with Crippen molar-refractivity contribution in [3.05, 3.63) is 53.3 Å². The molecule has 0 atom stereocenters. The largest absolute Gasteiger partial charge is 0.493 e. The molecule has 3 rings (SSSR count).